The molecule has 0 bridgehead atoms. The van der Waals surface area contributed by atoms with E-state index in [-0.39, 0.29) is 23.8 Å². The molecule has 2 aliphatic rings. The van der Waals surface area contributed by atoms with Crippen LogP contribution in [0.1, 0.15) is 31.4 Å². The van der Waals surface area contributed by atoms with Gasteiger partial charge in [-0.05, 0) is 18.9 Å². The maximum absolute atomic E-state index is 12.6. The Hall–Kier alpha value is -1.50. The van der Waals surface area contributed by atoms with Crippen molar-refractivity contribution in [3.8, 4) is 0 Å². The number of rotatable bonds is 4. The molecule has 2 amide bonds. The summed E-state index contributed by atoms with van der Waals surface area (Å²) in [5, 5.41) is 7.02. The highest BCUT2D eigenvalue weighted by Crippen LogP contribution is 2.30. The number of hydrogen-bond donors (Lipinski definition) is 1. The van der Waals surface area contributed by atoms with E-state index in [1.807, 2.05) is 13.1 Å². The molecule has 22 heavy (non-hydrogen) atoms. The van der Waals surface area contributed by atoms with E-state index in [1.54, 1.807) is 27.5 Å². The smallest absolute Gasteiger partial charge is 0.244 e. The first kappa shape index (κ1) is 15.4. The molecule has 3 rings (SSSR count). The SMILES string of the molecule is Cn1nccc1CNC(=O)C1CSCN1C(=O)C1CCCC1. The highest BCUT2D eigenvalue weighted by Gasteiger charge is 2.38. The maximum Gasteiger partial charge on any atom is 0.244 e. The van der Waals surface area contributed by atoms with Gasteiger partial charge in [0.25, 0.3) is 0 Å². The third-order valence-electron chi connectivity index (χ3n) is 4.54. The van der Waals surface area contributed by atoms with E-state index < -0.39 is 0 Å². The minimum Gasteiger partial charge on any atom is -0.349 e. The second kappa shape index (κ2) is 6.73. The van der Waals surface area contributed by atoms with Crippen molar-refractivity contribution in [3.05, 3.63) is 18.0 Å². The van der Waals surface area contributed by atoms with Gasteiger partial charge >= 0.3 is 0 Å². The average molecular weight is 322 g/mol. The van der Waals surface area contributed by atoms with Crippen LogP contribution >= 0.6 is 11.8 Å². The second-order valence-electron chi connectivity index (χ2n) is 5.97. The molecule has 1 aliphatic heterocycles. The molecular formula is C15H22N4O2S. The molecule has 2 fully saturated rings. The number of carbonyl (C=O) groups is 2. The van der Waals surface area contributed by atoms with E-state index in [0.717, 1.165) is 31.4 Å². The molecule has 1 aromatic rings. The molecule has 1 N–H and O–H groups in total. The number of thioether (sulfide) groups is 1. The van der Waals surface area contributed by atoms with Crippen molar-refractivity contribution in [2.75, 3.05) is 11.6 Å². The van der Waals surface area contributed by atoms with Crippen LogP contribution in [0.2, 0.25) is 0 Å². The zero-order valence-electron chi connectivity index (χ0n) is 12.8. The lowest BCUT2D eigenvalue weighted by molar-refractivity contribution is -0.141. The van der Waals surface area contributed by atoms with Crippen LogP contribution in [0.15, 0.2) is 12.3 Å². The molecule has 2 heterocycles. The number of aryl methyl sites for hydroxylation is 1. The summed E-state index contributed by atoms with van der Waals surface area (Å²) in [4.78, 5) is 26.8. The third-order valence-corrected chi connectivity index (χ3v) is 5.55. The molecule has 6 nitrogen and oxygen atoms in total. The number of amides is 2. The van der Waals surface area contributed by atoms with Crippen LogP contribution in [0, 0.1) is 5.92 Å². The first-order chi connectivity index (χ1) is 10.7. The van der Waals surface area contributed by atoms with Gasteiger partial charge in [-0.2, -0.15) is 5.10 Å². The van der Waals surface area contributed by atoms with Gasteiger partial charge in [0.2, 0.25) is 11.8 Å². The van der Waals surface area contributed by atoms with Crippen LogP contribution in [-0.2, 0) is 23.2 Å². The molecule has 1 aromatic heterocycles. The van der Waals surface area contributed by atoms with Crippen LogP contribution in [-0.4, -0.2) is 44.2 Å². The van der Waals surface area contributed by atoms with Crippen LogP contribution in [0.5, 0.6) is 0 Å². The number of nitrogens with zero attached hydrogens (tertiary/aromatic N) is 3. The van der Waals surface area contributed by atoms with Gasteiger partial charge in [-0.25, -0.2) is 0 Å². The van der Waals surface area contributed by atoms with Gasteiger partial charge in [-0.3, -0.25) is 14.3 Å². The minimum absolute atomic E-state index is 0.0578. The Morgan fingerprint density at radius 1 is 1.41 bits per heavy atom. The van der Waals surface area contributed by atoms with Gasteiger partial charge in [0, 0.05) is 24.9 Å². The van der Waals surface area contributed by atoms with Crippen LogP contribution in [0.25, 0.3) is 0 Å². The molecule has 1 saturated carbocycles. The Balaban J connectivity index is 1.58. The van der Waals surface area contributed by atoms with Crippen LogP contribution in [0.3, 0.4) is 0 Å². The van der Waals surface area contributed by atoms with Crippen molar-refractivity contribution in [1.29, 1.82) is 0 Å². The number of nitrogens with one attached hydrogen (secondary N) is 1. The summed E-state index contributed by atoms with van der Waals surface area (Å²) in [5.74, 6) is 1.57. The Labute approximate surface area is 134 Å². The van der Waals surface area contributed by atoms with Gasteiger partial charge in [-0.1, -0.05) is 12.8 Å². The van der Waals surface area contributed by atoms with Gasteiger partial charge < -0.3 is 10.2 Å². The summed E-state index contributed by atoms with van der Waals surface area (Å²) >= 11 is 1.66. The molecule has 0 aromatic carbocycles. The standard InChI is InChI=1S/C15H22N4O2S/c1-18-12(6-7-17-18)8-16-14(20)13-9-22-10-19(13)15(21)11-4-2-3-5-11/h6-7,11,13H,2-5,8-10H2,1H3,(H,16,20). The van der Waals surface area contributed by atoms with Crippen molar-refractivity contribution in [3.63, 3.8) is 0 Å². The molecular weight excluding hydrogens is 300 g/mol. The fourth-order valence-electron chi connectivity index (χ4n) is 3.15. The van der Waals surface area contributed by atoms with Gasteiger partial charge in [0.05, 0.1) is 18.1 Å². The quantitative estimate of drug-likeness (QED) is 0.902. The van der Waals surface area contributed by atoms with Crippen molar-refractivity contribution in [2.45, 2.75) is 38.3 Å². The van der Waals surface area contributed by atoms with Gasteiger partial charge in [0.15, 0.2) is 0 Å². The van der Waals surface area contributed by atoms with E-state index in [1.165, 1.54) is 0 Å². The van der Waals surface area contributed by atoms with Crippen molar-refractivity contribution >= 4 is 23.6 Å². The van der Waals surface area contributed by atoms with E-state index in [0.29, 0.717) is 18.2 Å². The van der Waals surface area contributed by atoms with E-state index in [4.69, 9.17) is 0 Å². The summed E-state index contributed by atoms with van der Waals surface area (Å²) in [5.41, 5.74) is 0.952. The maximum atomic E-state index is 12.6. The largest absolute Gasteiger partial charge is 0.349 e. The van der Waals surface area contributed by atoms with E-state index in [9.17, 15) is 9.59 Å². The van der Waals surface area contributed by atoms with Crippen LogP contribution in [0.4, 0.5) is 0 Å². The van der Waals surface area contributed by atoms with Crippen LogP contribution < -0.4 is 5.32 Å². The highest BCUT2D eigenvalue weighted by molar-refractivity contribution is 7.99. The normalized spacial score (nSPS) is 22.2. The lowest BCUT2D eigenvalue weighted by atomic mass is 10.1. The monoisotopic (exact) mass is 322 g/mol. The van der Waals surface area contributed by atoms with Crippen molar-refractivity contribution in [1.82, 2.24) is 20.0 Å². The predicted octanol–water partition coefficient (Wildman–Crippen LogP) is 1.13. The summed E-state index contributed by atoms with van der Waals surface area (Å²) in [7, 11) is 1.85. The average Bonchev–Trinajstić information content (AvgIpc) is 3.25. The Morgan fingerprint density at radius 3 is 2.86 bits per heavy atom. The lowest BCUT2D eigenvalue weighted by Gasteiger charge is -2.25. The molecule has 0 spiro atoms. The predicted molar refractivity (Wildman–Crippen MR) is 85.0 cm³/mol. The zero-order chi connectivity index (χ0) is 15.5. The molecule has 0 radical (unpaired) electrons. The van der Waals surface area contributed by atoms with E-state index in [2.05, 4.69) is 10.4 Å². The van der Waals surface area contributed by atoms with Gasteiger partial charge in [-0.15, -0.1) is 11.8 Å². The first-order valence-corrected chi connectivity index (χ1v) is 8.95. The topological polar surface area (TPSA) is 67.2 Å². The molecule has 1 unspecified atom stereocenters. The second-order valence-corrected chi connectivity index (χ2v) is 6.97. The molecule has 1 atom stereocenters. The lowest BCUT2D eigenvalue weighted by Crippen LogP contribution is -2.48. The zero-order valence-corrected chi connectivity index (χ0v) is 13.6. The summed E-state index contributed by atoms with van der Waals surface area (Å²) in [6.07, 6.45) is 5.93. The Kier molecular flexibility index (Phi) is 4.71. The highest BCUT2D eigenvalue weighted by atomic mass is 32.2. The fraction of sp³-hybridized carbons (Fsp3) is 0.667. The Morgan fingerprint density at radius 2 is 2.18 bits per heavy atom. The molecule has 7 heteroatoms. The fourth-order valence-corrected chi connectivity index (χ4v) is 4.32. The first-order valence-electron chi connectivity index (χ1n) is 7.79. The minimum atomic E-state index is -0.327. The third kappa shape index (κ3) is 3.14. The summed E-state index contributed by atoms with van der Waals surface area (Å²) in [6, 6.07) is 1.55. The number of carbonyl (C=O) groups excluding carboxylic acids is 2. The number of aromatic nitrogens is 2. The summed E-state index contributed by atoms with van der Waals surface area (Å²) in [6.45, 7) is 0.446. The molecule has 120 valence electrons. The summed E-state index contributed by atoms with van der Waals surface area (Å²) < 4.78 is 1.74. The Bertz CT molecular complexity index is 553. The van der Waals surface area contributed by atoms with E-state index >= 15 is 0 Å². The number of hydrogen-bond acceptors (Lipinski definition) is 4. The van der Waals surface area contributed by atoms with Crippen molar-refractivity contribution < 1.29 is 9.59 Å². The van der Waals surface area contributed by atoms with Crippen molar-refractivity contribution in [2.24, 2.45) is 13.0 Å². The molecule has 1 saturated heterocycles. The molecule has 1 aliphatic carbocycles. The van der Waals surface area contributed by atoms with Gasteiger partial charge in [0.1, 0.15) is 6.04 Å².